The van der Waals surface area contributed by atoms with Crippen LogP contribution in [-0.2, 0) is 20.8 Å². The minimum Gasteiger partial charge on any atom is -0.461 e. The SMILES string of the molecule is CCOC(=O)c1nn(-c2ccccc2C(F)(F)F)c(-c2nnc(-c3cccc(S(C)(=O)=O)c3)o2)c1Br. The summed E-state index contributed by atoms with van der Waals surface area (Å²) in [7, 11) is -3.53. The smallest absolute Gasteiger partial charge is 0.418 e. The molecule has 0 saturated heterocycles. The van der Waals surface area contributed by atoms with Crippen LogP contribution >= 0.6 is 15.9 Å². The molecular formula is C22H16BrF3N4O5S. The molecular weight excluding hydrogens is 569 g/mol. The van der Waals surface area contributed by atoms with E-state index in [-0.39, 0.29) is 44.7 Å². The molecule has 0 fully saturated rings. The van der Waals surface area contributed by atoms with Gasteiger partial charge >= 0.3 is 12.1 Å². The number of aromatic nitrogens is 4. The Hall–Kier alpha value is -3.52. The first-order valence-corrected chi connectivity index (χ1v) is 12.9. The van der Waals surface area contributed by atoms with Crippen LogP contribution in [-0.4, -0.2) is 47.2 Å². The summed E-state index contributed by atoms with van der Waals surface area (Å²) in [6.07, 6.45) is -3.70. The third kappa shape index (κ3) is 4.91. The second-order valence-corrected chi connectivity index (χ2v) is 10.2. The molecule has 0 saturated carbocycles. The molecule has 9 nitrogen and oxygen atoms in total. The molecule has 2 heterocycles. The van der Waals surface area contributed by atoms with Gasteiger partial charge in [0.2, 0.25) is 5.89 Å². The number of hydrogen-bond donors (Lipinski definition) is 0. The maximum absolute atomic E-state index is 13.8. The van der Waals surface area contributed by atoms with Gasteiger partial charge in [0, 0.05) is 11.8 Å². The van der Waals surface area contributed by atoms with Gasteiger partial charge in [-0.15, -0.1) is 10.2 Å². The second kappa shape index (κ2) is 9.50. The molecule has 0 aliphatic heterocycles. The average Bonchev–Trinajstić information content (AvgIpc) is 3.43. The molecule has 2 aromatic carbocycles. The molecule has 4 rings (SSSR count). The van der Waals surface area contributed by atoms with Crippen LogP contribution in [0.3, 0.4) is 0 Å². The van der Waals surface area contributed by atoms with Crippen molar-refractivity contribution in [3.8, 4) is 28.7 Å². The summed E-state index contributed by atoms with van der Waals surface area (Å²) in [5.74, 6) is -1.26. The number of carbonyl (C=O) groups excluding carboxylic acids is 1. The summed E-state index contributed by atoms with van der Waals surface area (Å²) in [5, 5.41) is 11.9. The molecule has 0 aliphatic rings. The van der Waals surface area contributed by atoms with Crippen molar-refractivity contribution < 1.29 is 35.5 Å². The van der Waals surface area contributed by atoms with Crippen molar-refractivity contribution in [1.29, 1.82) is 0 Å². The number of halogens is 4. The number of nitrogens with zero attached hydrogens (tertiary/aromatic N) is 4. The van der Waals surface area contributed by atoms with Crippen molar-refractivity contribution in [2.45, 2.75) is 18.0 Å². The summed E-state index contributed by atoms with van der Waals surface area (Å²) in [6.45, 7) is 1.57. The highest BCUT2D eigenvalue weighted by Gasteiger charge is 2.36. The van der Waals surface area contributed by atoms with E-state index in [2.05, 4.69) is 31.2 Å². The second-order valence-electron chi connectivity index (χ2n) is 7.37. The lowest BCUT2D eigenvalue weighted by atomic mass is 10.1. The normalized spacial score (nSPS) is 12.1. The maximum Gasteiger partial charge on any atom is 0.418 e. The van der Waals surface area contributed by atoms with Crippen LogP contribution in [0.2, 0.25) is 0 Å². The van der Waals surface area contributed by atoms with Gasteiger partial charge in [-0.05, 0) is 53.2 Å². The Morgan fingerprint density at radius 1 is 1.11 bits per heavy atom. The van der Waals surface area contributed by atoms with E-state index in [9.17, 15) is 26.4 Å². The van der Waals surface area contributed by atoms with Crippen molar-refractivity contribution in [1.82, 2.24) is 20.0 Å². The zero-order chi connectivity index (χ0) is 26.3. The monoisotopic (exact) mass is 584 g/mol. The zero-order valence-electron chi connectivity index (χ0n) is 18.6. The number of sulfone groups is 1. The first-order chi connectivity index (χ1) is 16.9. The van der Waals surface area contributed by atoms with Gasteiger partial charge < -0.3 is 9.15 Å². The molecule has 0 atom stereocenters. The van der Waals surface area contributed by atoms with Crippen molar-refractivity contribution in [2.24, 2.45) is 0 Å². The predicted octanol–water partition coefficient (Wildman–Crippen LogP) is 4.95. The number of alkyl halides is 3. The van der Waals surface area contributed by atoms with E-state index in [0.717, 1.165) is 17.0 Å². The highest BCUT2D eigenvalue weighted by atomic mass is 79.9. The largest absolute Gasteiger partial charge is 0.461 e. The molecule has 0 spiro atoms. The minimum atomic E-state index is -4.73. The van der Waals surface area contributed by atoms with E-state index in [0.29, 0.717) is 0 Å². The van der Waals surface area contributed by atoms with Crippen LogP contribution in [0.25, 0.3) is 28.7 Å². The third-order valence-electron chi connectivity index (χ3n) is 4.87. The number of para-hydroxylation sites is 1. The number of esters is 1. The van der Waals surface area contributed by atoms with Crippen LogP contribution in [0.4, 0.5) is 13.2 Å². The molecule has 0 bridgehead atoms. The lowest BCUT2D eigenvalue weighted by Gasteiger charge is -2.13. The zero-order valence-corrected chi connectivity index (χ0v) is 21.0. The molecule has 36 heavy (non-hydrogen) atoms. The van der Waals surface area contributed by atoms with Crippen LogP contribution in [0.5, 0.6) is 0 Å². The standard InChI is InChI=1S/C22H16BrF3N4O5S/c1-3-34-21(31)17-16(23)18(30(29-17)15-10-5-4-9-14(15)22(24,25)26)20-28-27-19(35-20)12-7-6-8-13(11-12)36(2,32)33/h4-11H,3H2,1-2H3. The Morgan fingerprint density at radius 3 is 2.47 bits per heavy atom. The number of carbonyl (C=O) groups is 1. The average molecular weight is 585 g/mol. The van der Waals surface area contributed by atoms with E-state index < -0.39 is 33.2 Å². The fraction of sp³-hybridized carbons (Fsp3) is 0.182. The molecule has 0 radical (unpaired) electrons. The number of rotatable bonds is 6. The van der Waals surface area contributed by atoms with Crippen LogP contribution in [0.15, 0.2) is 62.3 Å². The van der Waals surface area contributed by atoms with E-state index in [1.165, 1.54) is 42.5 Å². The summed E-state index contributed by atoms with van der Waals surface area (Å²) in [6, 6.07) is 10.4. The van der Waals surface area contributed by atoms with E-state index in [1.807, 2.05) is 0 Å². The first kappa shape index (κ1) is 25.6. The van der Waals surface area contributed by atoms with Gasteiger partial charge in [-0.2, -0.15) is 18.3 Å². The van der Waals surface area contributed by atoms with Gasteiger partial charge in [0.25, 0.3) is 5.89 Å². The maximum atomic E-state index is 13.8. The van der Waals surface area contributed by atoms with Crippen molar-refractivity contribution >= 4 is 31.7 Å². The fourth-order valence-corrected chi connectivity index (χ4v) is 4.53. The lowest BCUT2D eigenvalue weighted by molar-refractivity contribution is -0.137. The highest BCUT2D eigenvalue weighted by molar-refractivity contribution is 9.10. The van der Waals surface area contributed by atoms with Crippen LogP contribution in [0, 0.1) is 0 Å². The minimum absolute atomic E-state index is 0.00792. The Balaban J connectivity index is 1.92. The highest BCUT2D eigenvalue weighted by Crippen LogP contribution is 2.39. The van der Waals surface area contributed by atoms with Gasteiger partial charge in [-0.1, -0.05) is 18.2 Å². The van der Waals surface area contributed by atoms with Crippen LogP contribution < -0.4 is 0 Å². The van der Waals surface area contributed by atoms with Gasteiger partial charge in [0.05, 0.1) is 27.2 Å². The van der Waals surface area contributed by atoms with Crippen molar-refractivity contribution in [3.63, 3.8) is 0 Å². The van der Waals surface area contributed by atoms with Crippen molar-refractivity contribution in [3.05, 3.63) is 64.3 Å². The molecule has 188 valence electrons. The van der Waals surface area contributed by atoms with Crippen LogP contribution in [0.1, 0.15) is 23.0 Å². The Labute approximate surface area is 211 Å². The molecule has 14 heteroatoms. The molecule has 0 unspecified atom stereocenters. The number of hydrogen-bond acceptors (Lipinski definition) is 8. The summed E-state index contributed by atoms with van der Waals surface area (Å²) < 4.78 is 76.6. The number of benzene rings is 2. The van der Waals surface area contributed by atoms with Gasteiger partial charge in [-0.3, -0.25) is 0 Å². The van der Waals surface area contributed by atoms with Gasteiger partial charge in [0.1, 0.15) is 5.69 Å². The van der Waals surface area contributed by atoms with Gasteiger partial charge in [-0.25, -0.2) is 17.9 Å². The van der Waals surface area contributed by atoms with E-state index in [4.69, 9.17) is 9.15 Å². The van der Waals surface area contributed by atoms with E-state index >= 15 is 0 Å². The summed E-state index contributed by atoms with van der Waals surface area (Å²) in [4.78, 5) is 12.5. The van der Waals surface area contributed by atoms with Gasteiger partial charge in [0.15, 0.2) is 15.5 Å². The molecule has 4 aromatic rings. The Morgan fingerprint density at radius 2 is 1.81 bits per heavy atom. The fourth-order valence-electron chi connectivity index (χ4n) is 3.28. The van der Waals surface area contributed by atoms with E-state index in [1.54, 1.807) is 6.92 Å². The Kier molecular flexibility index (Phi) is 6.75. The lowest BCUT2D eigenvalue weighted by Crippen LogP contribution is -2.13. The summed E-state index contributed by atoms with van der Waals surface area (Å²) in [5.41, 5.74) is -1.58. The Bertz CT molecular complexity index is 1560. The van der Waals surface area contributed by atoms with Crippen molar-refractivity contribution in [2.75, 3.05) is 12.9 Å². The predicted molar refractivity (Wildman–Crippen MR) is 124 cm³/mol. The quantitative estimate of drug-likeness (QED) is 0.292. The molecule has 0 N–H and O–H groups in total. The summed E-state index contributed by atoms with van der Waals surface area (Å²) >= 11 is 3.21. The first-order valence-electron chi connectivity index (χ1n) is 10.2. The topological polar surface area (TPSA) is 117 Å². The molecule has 0 amide bonds. The molecule has 0 aliphatic carbocycles. The molecule has 2 aromatic heterocycles. The number of ether oxygens (including phenoxy) is 1. The third-order valence-corrected chi connectivity index (χ3v) is 6.73.